The molecule has 0 aromatic carbocycles. The Balaban J connectivity index is 2.51. The van der Waals surface area contributed by atoms with E-state index in [0.717, 1.165) is 11.2 Å². The number of nitrogens with one attached hydrogen (secondary N) is 1. The first-order valence-electron chi connectivity index (χ1n) is 5.48. The number of H-pyrrole nitrogens is 1. The van der Waals surface area contributed by atoms with E-state index in [0.29, 0.717) is 17.2 Å². The fourth-order valence-electron chi connectivity index (χ4n) is 1.66. The minimum Gasteiger partial charge on any atom is -0.481 e. The largest absolute Gasteiger partial charge is 0.481 e. The summed E-state index contributed by atoms with van der Waals surface area (Å²) in [5, 5.41) is 0.0173. The lowest BCUT2D eigenvalue weighted by Crippen LogP contribution is -2.17. The summed E-state index contributed by atoms with van der Waals surface area (Å²) in [4.78, 5) is 7.45. The molecule has 0 aliphatic rings. The highest BCUT2D eigenvalue weighted by Crippen LogP contribution is 2.17. The van der Waals surface area contributed by atoms with Crippen molar-refractivity contribution in [3.8, 4) is 5.88 Å². The zero-order valence-electron chi connectivity index (χ0n) is 10.5. The van der Waals surface area contributed by atoms with Gasteiger partial charge in [0.15, 0.2) is 10.4 Å². The summed E-state index contributed by atoms with van der Waals surface area (Å²) in [6, 6.07) is 3.65. The third-order valence-corrected chi connectivity index (χ3v) is 4.41. The maximum Gasteiger partial charge on any atom is 0.215 e. The van der Waals surface area contributed by atoms with Crippen LogP contribution in [0.3, 0.4) is 0 Å². The van der Waals surface area contributed by atoms with Crippen molar-refractivity contribution < 1.29 is 8.95 Å². The second-order valence-corrected chi connectivity index (χ2v) is 6.26. The SMILES string of the molecule is COc1ccc2[nH]c(=S)n(CC(C)S(C)=O)c2n1. The van der Waals surface area contributed by atoms with Gasteiger partial charge < -0.3 is 14.3 Å². The van der Waals surface area contributed by atoms with Gasteiger partial charge in [0.2, 0.25) is 5.88 Å². The highest BCUT2D eigenvalue weighted by atomic mass is 32.2. The molecule has 2 atom stereocenters. The third kappa shape index (κ3) is 2.46. The van der Waals surface area contributed by atoms with Crippen molar-refractivity contribution in [3.63, 3.8) is 0 Å². The summed E-state index contributed by atoms with van der Waals surface area (Å²) in [5.41, 5.74) is 1.59. The number of imidazole rings is 1. The predicted molar refractivity (Wildman–Crippen MR) is 75.0 cm³/mol. The fourth-order valence-corrected chi connectivity index (χ4v) is 2.29. The molecule has 0 bridgehead atoms. The first-order valence-corrected chi connectivity index (χ1v) is 7.51. The molecule has 0 aliphatic carbocycles. The van der Waals surface area contributed by atoms with Crippen molar-refractivity contribution in [1.29, 1.82) is 0 Å². The van der Waals surface area contributed by atoms with Crippen LogP contribution in [0.25, 0.3) is 11.2 Å². The van der Waals surface area contributed by atoms with Crippen molar-refractivity contribution in [1.82, 2.24) is 14.5 Å². The van der Waals surface area contributed by atoms with Crippen molar-refractivity contribution in [2.75, 3.05) is 13.4 Å². The second kappa shape index (κ2) is 5.19. The van der Waals surface area contributed by atoms with Gasteiger partial charge in [-0.25, -0.2) is 0 Å². The van der Waals surface area contributed by atoms with E-state index in [4.69, 9.17) is 17.0 Å². The number of hydrogen-bond donors (Lipinski definition) is 1. The predicted octanol–water partition coefficient (Wildman–Crippen LogP) is 1.87. The molecule has 2 heterocycles. The minimum absolute atomic E-state index is 0.0173. The van der Waals surface area contributed by atoms with Gasteiger partial charge in [0, 0.05) is 34.9 Å². The second-order valence-electron chi connectivity index (χ2n) is 4.07. The molecular weight excluding hydrogens is 270 g/mol. The molecule has 18 heavy (non-hydrogen) atoms. The highest BCUT2D eigenvalue weighted by Gasteiger charge is 2.12. The number of hydrogen-bond acceptors (Lipinski definition) is 4. The highest BCUT2D eigenvalue weighted by molar-refractivity contribution is 7.84. The van der Waals surface area contributed by atoms with E-state index in [1.807, 2.05) is 17.6 Å². The molecule has 2 aromatic heterocycles. The van der Waals surface area contributed by atoms with Crippen LogP contribution < -0.4 is 4.74 Å². The Morgan fingerprint density at radius 1 is 1.61 bits per heavy atom. The first-order chi connectivity index (χ1) is 8.52. The molecule has 0 amide bonds. The molecule has 0 saturated carbocycles. The number of ether oxygens (including phenoxy) is 1. The van der Waals surface area contributed by atoms with Crippen molar-refractivity contribution in [3.05, 3.63) is 16.9 Å². The van der Waals surface area contributed by atoms with Gasteiger partial charge in [0.05, 0.1) is 12.6 Å². The molecule has 0 fully saturated rings. The van der Waals surface area contributed by atoms with Gasteiger partial charge in [-0.15, -0.1) is 0 Å². The molecule has 2 rings (SSSR count). The molecule has 2 aromatic rings. The third-order valence-electron chi connectivity index (χ3n) is 2.81. The van der Waals surface area contributed by atoms with Gasteiger partial charge in [-0.2, -0.15) is 4.98 Å². The van der Waals surface area contributed by atoms with Gasteiger partial charge in [0.25, 0.3) is 0 Å². The van der Waals surface area contributed by atoms with E-state index < -0.39 is 10.8 Å². The Hall–Kier alpha value is -1.21. The van der Waals surface area contributed by atoms with Gasteiger partial charge in [-0.1, -0.05) is 0 Å². The Labute approximate surface area is 113 Å². The molecule has 0 aliphatic heterocycles. The van der Waals surface area contributed by atoms with Gasteiger partial charge in [0.1, 0.15) is 0 Å². The number of aromatic amines is 1. The molecule has 98 valence electrons. The molecule has 5 nitrogen and oxygen atoms in total. The smallest absolute Gasteiger partial charge is 0.215 e. The number of nitrogens with zero attached hydrogens (tertiary/aromatic N) is 2. The Kier molecular flexibility index (Phi) is 3.82. The van der Waals surface area contributed by atoms with Crippen molar-refractivity contribution in [2.45, 2.75) is 18.7 Å². The van der Waals surface area contributed by atoms with Crippen molar-refractivity contribution >= 4 is 34.2 Å². The van der Waals surface area contributed by atoms with E-state index in [9.17, 15) is 4.21 Å². The first kappa shape index (κ1) is 13.2. The summed E-state index contributed by atoms with van der Waals surface area (Å²) in [5.74, 6) is 0.538. The zero-order chi connectivity index (χ0) is 13.3. The molecule has 2 unspecified atom stereocenters. The number of aromatic nitrogens is 3. The number of fused-ring (bicyclic) bond motifs is 1. The lowest BCUT2D eigenvalue weighted by Gasteiger charge is -2.09. The van der Waals surface area contributed by atoms with E-state index >= 15 is 0 Å². The Morgan fingerprint density at radius 3 is 2.94 bits per heavy atom. The minimum atomic E-state index is -0.893. The van der Waals surface area contributed by atoms with Crippen LogP contribution in [0.1, 0.15) is 6.92 Å². The normalized spacial score (nSPS) is 14.6. The Morgan fingerprint density at radius 2 is 2.33 bits per heavy atom. The van der Waals surface area contributed by atoms with E-state index in [1.54, 1.807) is 19.4 Å². The van der Waals surface area contributed by atoms with Gasteiger partial charge in [-0.05, 0) is 25.2 Å². The summed E-state index contributed by atoms with van der Waals surface area (Å²) in [6.07, 6.45) is 1.69. The van der Waals surface area contributed by atoms with Crippen LogP contribution in [0.5, 0.6) is 5.88 Å². The zero-order valence-corrected chi connectivity index (χ0v) is 12.1. The van der Waals surface area contributed by atoms with E-state index in [2.05, 4.69) is 9.97 Å². The van der Waals surface area contributed by atoms with Crippen LogP contribution in [-0.4, -0.2) is 37.4 Å². The molecule has 0 spiro atoms. The maximum atomic E-state index is 11.4. The summed E-state index contributed by atoms with van der Waals surface area (Å²) in [7, 11) is 0.680. The van der Waals surface area contributed by atoms with E-state index in [-0.39, 0.29) is 5.25 Å². The van der Waals surface area contributed by atoms with Crippen molar-refractivity contribution in [2.24, 2.45) is 0 Å². The number of rotatable bonds is 4. The molecular formula is C11H15N3O2S2. The average molecular weight is 285 g/mol. The molecule has 1 N–H and O–H groups in total. The van der Waals surface area contributed by atoms with Crippen LogP contribution in [0.15, 0.2) is 12.1 Å². The van der Waals surface area contributed by atoms with Crippen LogP contribution in [0.4, 0.5) is 0 Å². The standard InChI is InChI=1S/C11H15N3O2S2/c1-7(18(3)15)6-14-10-8(12-11(14)17)4-5-9(13-10)16-2/h4-5,7H,6H2,1-3H3,(H,12,17). The quantitative estimate of drug-likeness (QED) is 0.871. The monoisotopic (exact) mass is 285 g/mol. The average Bonchev–Trinajstić information content (AvgIpc) is 2.65. The van der Waals surface area contributed by atoms with Crippen LogP contribution in [-0.2, 0) is 17.3 Å². The maximum absolute atomic E-state index is 11.4. The lowest BCUT2D eigenvalue weighted by molar-refractivity contribution is 0.399. The summed E-state index contributed by atoms with van der Waals surface area (Å²) in [6.45, 7) is 2.50. The van der Waals surface area contributed by atoms with Gasteiger partial charge >= 0.3 is 0 Å². The lowest BCUT2D eigenvalue weighted by atomic mass is 10.4. The van der Waals surface area contributed by atoms with Crippen LogP contribution >= 0.6 is 12.2 Å². The number of pyridine rings is 1. The topological polar surface area (TPSA) is 59.9 Å². The van der Waals surface area contributed by atoms with Gasteiger partial charge in [-0.3, -0.25) is 4.21 Å². The summed E-state index contributed by atoms with van der Waals surface area (Å²) < 4.78 is 19.0. The molecule has 7 heteroatoms. The summed E-state index contributed by atoms with van der Waals surface area (Å²) >= 11 is 5.27. The van der Waals surface area contributed by atoms with Crippen LogP contribution in [0.2, 0.25) is 0 Å². The fraction of sp³-hybridized carbons (Fsp3) is 0.455. The Bertz CT molecular complexity index is 647. The van der Waals surface area contributed by atoms with Crippen LogP contribution in [0, 0.1) is 4.77 Å². The number of methoxy groups -OCH3 is 1. The van der Waals surface area contributed by atoms with E-state index in [1.165, 1.54) is 0 Å². The molecule has 0 saturated heterocycles. The molecule has 0 radical (unpaired) electrons.